The number of carbonyl (C=O) groups excluding carboxylic acids is 1. The van der Waals surface area contributed by atoms with Crippen molar-refractivity contribution in [3.8, 4) is 0 Å². The standard InChI is InChI=1S/C16H18N2O/c1-9-4-3-5-12-14(9)11-6-7-18-13(19)8-10(2)16(18)15(11)17-12/h3-5,10,16-17H,6-8H2,1-2H3/t10-,16-/m1/s1. The first-order chi connectivity index (χ1) is 9.16. The van der Waals surface area contributed by atoms with Crippen LogP contribution in [-0.4, -0.2) is 22.3 Å². The van der Waals surface area contributed by atoms with E-state index in [0.29, 0.717) is 18.2 Å². The highest BCUT2D eigenvalue weighted by molar-refractivity contribution is 5.89. The quantitative estimate of drug-likeness (QED) is 0.771. The summed E-state index contributed by atoms with van der Waals surface area (Å²) in [5.41, 5.74) is 5.28. The van der Waals surface area contributed by atoms with Crippen LogP contribution in [0.4, 0.5) is 0 Å². The van der Waals surface area contributed by atoms with Gasteiger partial charge in [0.1, 0.15) is 0 Å². The summed E-state index contributed by atoms with van der Waals surface area (Å²) in [4.78, 5) is 17.7. The Morgan fingerprint density at radius 3 is 3.05 bits per heavy atom. The Morgan fingerprint density at radius 1 is 1.37 bits per heavy atom. The summed E-state index contributed by atoms with van der Waals surface area (Å²) in [6.45, 7) is 5.24. The van der Waals surface area contributed by atoms with Gasteiger partial charge >= 0.3 is 0 Å². The molecule has 1 aromatic heterocycles. The molecule has 2 aromatic rings. The van der Waals surface area contributed by atoms with Crippen LogP contribution in [-0.2, 0) is 11.2 Å². The molecule has 1 amide bonds. The van der Waals surface area contributed by atoms with Crippen LogP contribution in [0.5, 0.6) is 0 Å². The third kappa shape index (κ3) is 1.36. The topological polar surface area (TPSA) is 36.1 Å². The Hall–Kier alpha value is -1.77. The van der Waals surface area contributed by atoms with Gasteiger partial charge in [-0.25, -0.2) is 0 Å². The van der Waals surface area contributed by atoms with Crippen LogP contribution in [0.2, 0.25) is 0 Å². The second-order valence-electron chi connectivity index (χ2n) is 5.98. The molecule has 2 aliphatic rings. The Kier molecular flexibility index (Phi) is 2.12. The lowest BCUT2D eigenvalue weighted by Crippen LogP contribution is -2.35. The number of carbonyl (C=O) groups is 1. The molecule has 0 saturated carbocycles. The van der Waals surface area contributed by atoms with Crippen molar-refractivity contribution in [3.63, 3.8) is 0 Å². The van der Waals surface area contributed by atoms with E-state index in [1.165, 1.54) is 27.7 Å². The fraction of sp³-hybridized carbons (Fsp3) is 0.438. The highest BCUT2D eigenvalue weighted by Gasteiger charge is 2.42. The van der Waals surface area contributed by atoms with E-state index in [-0.39, 0.29) is 6.04 Å². The normalized spacial score (nSPS) is 25.8. The predicted molar refractivity (Wildman–Crippen MR) is 75.0 cm³/mol. The first-order valence-corrected chi connectivity index (χ1v) is 7.06. The molecule has 4 rings (SSSR count). The predicted octanol–water partition coefficient (Wildman–Crippen LogP) is 2.94. The molecule has 3 heterocycles. The van der Waals surface area contributed by atoms with Crippen molar-refractivity contribution < 1.29 is 4.79 Å². The molecule has 19 heavy (non-hydrogen) atoms. The lowest BCUT2D eigenvalue weighted by atomic mass is 9.91. The molecule has 1 fully saturated rings. The van der Waals surface area contributed by atoms with Crippen LogP contribution in [0.1, 0.15) is 36.2 Å². The van der Waals surface area contributed by atoms with Gasteiger partial charge in [0.2, 0.25) is 5.91 Å². The van der Waals surface area contributed by atoms with Gasteiger partial charge in [-0.15, -0.1) is 0 Å². The molecule has 98 valence electrons. The third-order valence-corrected chi connectivity index (χ3v) is 4.76. The van der Waals surface area contributed by atoms with E-state index in [1.807, 2.05) is 0 Å². The van der Waals surface area contributed by atoms with E-state index in [1.54, 1.807) is 0 Å². The van der Waals surface area contributed by atoms with Gasteiger partial charge in [0, 0.05) is 29.6 Å². The number of hydrogen-bond acceptors (Lipinski definition) is 1. The lowest BCUT2D eigenvalue weighted by Gasteiger charge is -2.32. The summed E-state index contributed by atoms with van der Waals surface area (Å²) < 4.78 is 0. The third-order valence-electron chi connectivity index (χ3n) is 4.76. The maximum atomic E-state index is 12.0. The first kappa shape index (κ1) is 11.1. The van der Waals surface area contributed by atoms with Crippen LogP contribution in [0.3, 0.4) is 0 Å². The van der Waals surface area contributed by atoms with E-state index in [9.17, 15) is 4.79 Å². The van der Waals surface area contributed by atoms with Gasteiger partial charge in [-0.05, 0) is 36.5 Å². The van der Waals surface area contributed by atoms with Crippen molar-refractivity contribution in [1.82, 2.24) is 9.88 Å². The molecule has 3 heteroatoms. The molecular weight excluding hydrogens is 236 g/mol. The molecule has 2 aliphatic heterocycles. The van der Waals surface area contributed by atoms with E-state index >= 15 is 0 Å². The Balaban J connectivity index is 1.97. The van der Waals surface area contributed by atoms with E-state index in [0.717, 1.165) is 13.0 Å². The second kappa shape index (κ2) is 3.62. The molecule has 0 aliphatic carbocycles. The maximum absolute atomic E-state index is 12.0. The van der Waals surface area contributed by atoms with E-state index < -0.39 is 0 Å². The summed E-state index contributed by atoms with van der Waals surface area (Å²) >= 11 is 0. The average Bonchev–Trinajstić information content (AvgIpc) is 2.88. The van der Waals surface area contributed by atoms with Gasteiger partial charge in [0.25, 0.3) is 0 Å². The zero-order chi connectivity index (χ0) is 13.1. The van der Waals surface area contributed by atoms with Gasteiger partial charge < -0.3 is 9.88 Å². The van der Waals surface area contributed by atoms with Crippen molar-refractivity contribution in [2.75, 3.05) is 6.54 Å². The van der Waals surface area contributed by atoms with Gasteiger partial charge in [0.15, 0.2) is 0 Å². The number of fused-ring (bicyclic) bond motifs is 5. The Labute approximate surface area is 112 Å². The summed E-state index contributed by atoms with van der Waals surface area (Å²) in [5.74, 6) is 0.735. The Morgan fingerprint density at radius 2 is 2.21 bits per heavy atom. The number of nitrogens with zero attached hydrogens (tertiary/aromatic N) is 1. The summed E-state index contributed by atoms with van der Waals surface area (Å²) in [7, 11) is 0. The number of hydrogen-bond donors (Lipinski definition) is 1. The molecule has 0 spiro atoms. The second-order valence-corrected chi connectivity index (χ2v) is 5.98. The number of nitrogens with one attached hydrogen (secondary N) is 1. The molecule has 2 atom stereocenters. The molecule has 0 unspecified atom stereocenters. The number of aromatic nitrogens is 1. The molecule has 0 radical (unpaired) electrons. The SMILES string of the molecule is Cc1cccc2[nH]c3c(c12)CCN1C(=O)C[C@@H](C)[C@H]31. The lowest BCUT2D eigenvalue weighted by molar-refractivity contribution is -0.129. The van der Waals surface area contributed by atoms with Crippen LogP contribution < -0.4 is 0 Å². The minimum atomic E-state index is 0.267. The summed E-state index contributed by atoms with van der Waals surface area (Å²) in [6, 6.07) is 6.68. The minimum absolute atomic E-state index is 0.267. The van der Waals surface area contributed by atoms with Crippen molar-refractivity contribution in [2.45, 2.75) is 32.7 Å². The molecule has 0 bridgehead atoms. The fourth-order valence-corrected chi connectivity index (χ4v) is 3.94. The monoisotopic (exact) mass is 254 g/mol. The fourth-order valence-electron chi connectivity index (χ4n) is 3.94. The number of aromatic amines is 1. The number of amides is 1. The largest absolute Gasteiger partial charge is 0.356 e. The molecular formula is C16H18N2O. The number of aryl methyl sites for hydroxylation is 1. The van der Waals surface area contributed by atoms with Crippen LogP contribution in [0, 0.1) is 12.8 Å². The zero-order valence-corrected chi connectivity index (χ0v) is 11.4. The highest BCUT2D eigenvalue weighted by atomic mass is 16.2. The van der Waals surface area contributed by atoms with Crippen LogP contribution >= 0.6 is 0 Å². The van der Waals surface area contributed by atoms with Crippen molar-refractivity contribution in [3.05, 3.63) is 35.0 Å². The van der Waals surface area contributed by atoms with E-state index in [4.69, 9.17) is 0 Å². The number of H-pyrrole nitrogens is 1. The molecule has 3 nitrogen and oxygen atoms in total. The summed E-state index contributed by atoms with van der Waals surface area (Å²) in [6.07, 6.45) is 1.67. The van der Waals surface area contributed by atoms with Crippen LogP contribution in [0.15, 0.2) is 18.2 Å². The Bertz CT molecular complexity index is 685. The highest BCUT2D eigenvalue weighted by Crippen LogP contribution is 2.44. The van der Waals surface area contributed by atoms with Gasteiger partial charge in [0.05, 0.1) is 6.04 Å². The molecule has 1 aromatic carbocycles. The summed E-state index contributed by atoms with van der Waals surface area (Å²) in [5, 5.41) is 1.38. The maximum Gasteiger partial charge on any atom is 0.223 e. The van der Waals surface area contributed by atoms with Crippen molar-refractivity contribution in [1.29, 1.82) is 0 Å². The van der Waals surface area contributed by atoms with Gasteiger partial charge in [-0.3, -0.25) is 4.79 Å². The smallest absolute Gasteiger partial charge is 0.223 e. The minimum Gasteiger partial charge on any atom is -0.356 e. The molecule has 1 N–H and O–H groups in total. The van der Waals surface area contributed by atoms with Crippen molar-refractivity contribution >= 4 is 16.8 Å². The molecule has 1 saturated heterocycles. The van der Waals surface area contributed by atoms with Crippen LogP contribution in [0.25, 0.3) is 10.9 Å². The number of benzene rings is 1. The van der Waals surface area contributed by atoms with Gasteiger partial charge in [-0.1, -0.05) is 19.1 Å². The van der Waals surface area contributed by atoms with Gasteiger partial charge in [-0.2, -0.15) is 0 Å². The van der Waals surface area contributed by atoms with Crippen molar-refractivity contribution in [2.24, 2.45) is 5.92 Å². The van der Waals surface area contributed by atoms with E-state index in [2.05, 4.69) is 41.9 Å². The zero-order valence-electron chi connectivity index (χ0n) is 11.4. The average molecular weight is 254 g/mol. The number of rotatable bonds is 0. The first-order valence-electron chi connectivity index (χ1n) is 7.06.